The average molecular weight is 592 g/mol. The Kier molecular flexibility index (Phi) is 7.29. The minimum atomic E-state index is -4.30. The quantitative estimate of drug-likeness (QED) is 0.152. The number of hydrogen-bond acceptors (Lipinski definition) is 7. The van der Waals surface area contributed by atoms with Crippen LogP contribution in [0.3, 0.4) is 0 Å². The van der Waals surface area contributed by atoms with Gasteiger partial charge in [0.05, 0.1) is 8.59 Å². The Morgan fingerprint density at radius 2 is 1.97 bits per heavy atom. The van der Waals surface area contributed by atoms with E-state index in [9.17, 15) is 13.2 Å². The van der Waals surface area contributed by atoms with E-state index in [4.69, 9.17) is 37.0 Å². The molecule has 0 aliphatic heterocycles. The zero-order chi connectivity index (χ0) is 23.6. The number of carbonyl (C=O) groups excluding carboxylic acids is 1. The van der Waals surface area contributed by atoms with E-state index >= 15 is 0 Å². The summed E-state index contributed by atoms with van der Waals surface area (Å²) in [6.07, 6.45) is 0. The lowest BCUT2D eigenvalue weighted by Crippen LogP contribution is -2.41. The number of nitrogen functional groups attached to an aromatic ring is 1. The van der Waals surface area contributed by atoms with Gasteiger partial charge in [0.25, 0.3) is 16.1 Å². The van der Waals surface area contributed by atoms with Crippen LogP contribution in [0.5, 0.6) is 0 Å². The molecule has 0 fully saturated rings. The van der Waals surface area contributed by atoms with E-state index in [1.54, 1.807) is 41.1 Å². The van der Waals surface area contributed by atoms with E-state index in [0.717, 1.165) is 0 Å². The van der Waals surface area contributed by atoms with Gasteiger partial charge in [-0.15, -0.1) is 0 Å². The smallest absolute Gasteiger partial charge is 0.298 e. The molecule has 13 heteroatoms. The summed E-state index contributed by atoms with van der Waals surface area (Å²) < 4.78 is 36.3. The molecule has 0 radical (unpaired) electrons. The van der Waals surface area contributed by atoms with Crippen molar-refractivity contribution in [1.82, 2.24) is 4.72 Å². The van der Waals surface area contributed by atoms with Gasteiger partial charge in [0, 0.05) is 23.7 Å². The summed E-state index contributed by atoms with van der Waals surface area (Å²) in [6.45, 7) is 0.162. The second-order valence-electron chi connectivity index (χ2n) is 6.73. The Balaban J connectivity index is 2.07. The fourth-order valence-electron chi connectivity index (χ4n) is 3.00. The highest BCUT2D eigenvalue weighted by atomic mass is 127. The van der Waals surface area contributed by atoms with Gasteiger partial charge in [-0.1, -0.05) is 11.6 Å². The van der Waals surface area contributed by atoms with Crippen molar-refractivity contribution in [3.8, 4) is 0 Å². The van der Waals surface area contributed by atoms with E-state index in [-0.39, 0.29) is 12.4 Å². The fraction of sp³-hybridized carbons (Fsp3) is 0.158. The Morgan fingerprint density at radius 1 is 1.31 bits per heavy atom. The molecule has 1 heterocycles. The third kappa shape index (κ3) is 5.50. The van der Waals surface area contributed by atoms with Crippen molar-refractivity contribution in [3.63, 3.8) is 0 Å². The van der Waals surface area contributed by atoms with Crippen molar-refractivity contribution in [1.29, 1.82) is 5.41 Å². The predicted octanol–water partition coefficient (Wildman–Crippen LogP) is 2.59. The number of benzene rings is 2. The molecule has 1 unspecified atom stereocenters. The highest BCUT2D eigenvalue weighted by Gasteiger charge is 2.26. The van der Waals surface area contributed by atoms with E-state index in [2.05, 4.69) is 5.32 Å². The topological polar surface area (TPSA) is 174 Å². The number of hydrogen-bond donors (Lipinski definition) is 5. The van der Waals surface area contributed by atoms with Gasteiger partial charge in [0.1, 0.15) is 29.8 Å². The molecule has 0 bridgehead atoms. The lowest BCUT2D eigenvalue weighted by Gasteiger charge is -2.20. The van der Waals surface area contributed by atoms with Crippen molar-refractivity contribution in [3.05, 3.63) is 61.9 Å². The van der Waals surface area contributed by atoms with Gasteiger partial charge in [-0.2, -0.15) is 8.42 Å². The second kappa shape index (κ2) is 9.62. The molecular formula is C19H19ClIN5O5S. The summed E-state index contributed by atoms with van der Waals surface area (Å²) in [5.41, 5.74) is 7.38. The first-order chi connectivity index (χ1) is 15.0. The summed E-state index contributed by atoms with van der Waals surface area (Å²) in [5.74, 6) is -0.575. The molecule has 1 aromatic heterocycles. The first-order valence-corrected chi connectivity index (χ1v) is 11.9. The maximum atomic E-state index is 12.8. The van der Waals surface area contributed by atoms with Crippen molar-refractivity contribution >= 4 is 72.8 Å². The summed E-state index contributed by atoms with van der Waals surface area (Å²) in [7, 11) is -2.79. The van der Waals surface area contributed by atoms with E-state index in [1.165, 1.54) is 7.11 Å². The molecule has 0 aliphatic rings. The lowest BCUT2D eigenvalue weighted by molar-refractivity contribution is -0.120. The summed E-state index contributed by atoms with van der Waals surface area (Å²) in [6, 6.07) is 8.56. The number of halogens is 2. The van der Waals surface area contributed by atoms with Crippen LogP contribution in [0.15, 0.2) is 40.8 Å². The largest absolute Gasteiger partial charge is 0.456 e. The monoisotopic (exact) mass is 591 g/mol. The van der Waals surface area contributed by atoms with Crippen molar-refractivity contribution in [2.75, 3.05) is 12.4 Å². The zero-order valence-corrected chi connectivity index (χ0v) is 20.3. The molecule has 3 aromatic rings. The van der Waals surface area contributed by atoms with Crippen LogP contribution >= 0.6 is 34.2 Å². The van der Waals surface area contributed by atoms with Gasteiger partial charge in [0.15, 0.2) is 0 Å². The van der Waals surface area contributed by atoms with E-state index < -0.39 is 22.2 Å². The third-order valence-corrected chi connectivity index (χ3v) is 6.09. The Morgan fingerprint density at radius 3 is 2.53 bits per heavy atom. The molecule has 0 spiro atoms. The number of rotatable bonds is 8. The molecule has 7 N–H and O–H groups in total. The van der Waals surface area contributed by atoms with Crippen LogP contribution in [0.2, 0.25) is 5.02 Å². The number of methoxy groups -OCH3 is 1. The maximum Gasteiger partial charge on any atom is 0.298 e. The number of nitrogens with two attached hydrogens (primary N) is 2. The minimum Gasteiger partial charge on any atom is -0.456 e. The van der Waals surface area contributed by atoms with Crippen LogP contribution in [0.1, 0.15) is 22.9 Å². The van der Waals surface area contributed by atoms with Gasteiger partial charge in [-0.25, -0.2) is 9.86 Å². The molecule has 10 nitrogen and oxygen atoms in total. The second-order valence-corrected chi connectivity index (χ2v) is 9.57. The summed E-state index contributed by atoms with van der Waals surface area (Å²) >= 11 is 8.47. The van der Waals surface area contributed by atoms with Crippen LogP contribution < -0.4 is 20.9 Å². The number of furan rings is 1. The highest BCUT2D eigenvalue weighted by Crippen LogP contribution is 2.36. The van der Waals surface area contributed by atoms with Crippen molar-refractivity contribution in [2.24, 2.45) is 10.9 Å². The molecule has 0 saturated heterocycles. The molecule has 170 valence electrons. The first kappa shape index (κ1) is 24.3. The number of nitrogens with one attached hydrogen (secondary N) is 3. The standard InChI is InChI=1S/C19H19ClIN5O5S/c1-30-8-14-15(20)12-6-10(7-13(21)17(12)31-14)16(19(27)26-32(24,28)29)25-11-4-2-9(3-5-11)18(22)23/h2-7,16,25H,8H2,1H3,(H3,22,23)(H,26,27)(H2,24,28,29). The molecule has 3 rings (SSSR count). The fourth-order valence-corrected chi connectivity index (χ4v) is 4.39. The lowest BCUT2D eigenvalue weighted by atomic mass is 10.0. The van der Waals surface area contributed by atoms with Crippen molar-refractivity contribution in [2.45, 2.75) is 12.6 Å². The van der Waals surface area contributed by atoms with Crippen LogP contribution in [0, 0.1) is 8.98 Å². The van der Waals surface area contributed by atoms with Crippen LogP contribution in [0.25, 0.3) is 11.0 Å². The molecule has 1 atom stereocenters. The summed E-state index contributed by atoms with van der Waals surface area (Å²) in [5, 5.41) is 16.3. The molecule has 0 aliphatic carbocycles. The van der Waals surface area contributed by atoms with Gasteiger partial charge < -0.3 is 20.2 Å². The average Bonchev–Trinajstić information content (AvgIpc) is 3.02. The van der Waals surface area contributed by atoms with Gasteiger partial charge in [-0.05, 0) is 64.6 Å². The Labute approximate surface area is 202 Å². The van der Waals surface area contributed by atoms with Crippen LogP contribution in [0.4, 0.5) is 5.69 Å². The number of anilines is 1. The SMILES string of the molecule is COCc1oc2c(I)cc(C(Nc3ccc(C(=N)N)cc3)C(=O)NS(N)(=O)=O)cc2c1Cl. The first-order valence-electron chi connectivity index (χ1n) is 8.94. The molecule has 0 saturated carbocycles. The third-order valence-electron chi connectivity index (χ3n) is 4.39. The van der Waals surface area contributed by atoms with Crippen LogP contribution in [-0.4, -0.2) is 27.3 Å². The Hall–Kier alpha value is -2.39. The molecule has 1 amide bonds. The number of amidine groups is 1. The molecule has 2 aromatic carbocycles. The zero-order valence-electron chi connectivity index (χ0n) is 16.6. The van der Waals surface area contributed by atoms with Crippen molar-refractivity contribution < 1.29 is 22.4 Å². The number of amides is 1. The van der Waals surface area contributed by atoms with E-state index in [1.807, 2.05) is 22.6 Å². The predicted molar refractivity (Wildman–Crippen MR) is 130 cm³/mol. The maximum absolute atomic E-state index is 12.8. The summed E-state index contributed by atoms with van der Waals surface area (Å²) in [4.78, 5) is 12.8. The number of ether oxygens (including phenoxy) is 1. The van der Waals surface area contributed by atoms with Crippen LogP contribution in [-0.2, 0) is 26.3 Å². The normalized spacial score (nSPS) is 12.5. The van der Waals surface area contributed by atoms with Gasteiger partial charge in [0.2, 0.25) is 0 Å². The van der Waals surface area contributed by atoms with Gasteiger partial charge in [-0.3, -0.25) is 10.2 Å². The number of carbonyl (C=O) groups is 1. The van der Waals surface area contributed by atoms with E-state index in [0.29, 0.717) is 42.1 Å². The minimum absolute atomic E-state index is 0.110. The van der Waals surface area contributed by atoms with Gasteiger partial charge >= 0.3 is 0 Å². The molecular weight excluding hydrogens is 573 g/mol. The highest BCUT2D eigenvalue weighted by molar-refractivity contribution is 14.1. The Bertz CT molecular complexity index is 1290. The number of fused-ring (bicyclic) bond motifs is 1. The molecule has 32 heavy (non-hydrogen) atoms.